The van der Waals surface area contributed by atoms with Crippen LogP contribution in [0.1, 0.15) is 37.3 Å². The van der Waals surface area contributed by atoms with Crippen LogP contribution in [-0.4, -0.2) is 19.5 Å². The number of aryl methyl sites for hydroxylation is 1. The second-order valence-corrected chi connectivity index (χ2v) is 6.17. The summed E-state index contributed by atoms with van der Waals surface area (Å²) in [5, 5.41) is 0. The summed E-state index contributed by atoms with van der Waals surface area (Å²) in [5.74, 6) is 1.36. The van der Waals surface area contributed by atoms with Crippen molar-refractivity contribution < 1.29 is 0 Å². The second kappa shape index (κ2) is 5.17. The number of aromatic amines is 1. The van der Waals surface area contributed by atoms with E-state index in [1.807, 2.05) is 11.6 Å². The van der Waals surface area contributed by atoms with Gasteiger partial charge in [-0.05, 0) is 28.8 Å². The molecule has 2 aromatic rings. The van der Waals surface area contributed by atoms with Crippen molar-refractivity contribution in [2.75, 3.05) is 0 Å². The fourth-order valence-corrected chi connectivity index (χ4v) is 3.39. The number of imidazole rings is 1. The topological polar surface area (TPSA) is 46.5 Å². The summed E-state index contributed by atoms with van der Waals surface area (Å²) >= 11 is 8.96. The molecule has 0 amide bonds. The van der Waals surface area contributed by atoms with E-state index in [1.165, 1.54) is 31.4 Å². The Balaban J connectivity index is 2.12. The Morgan fingerprint density at radius 3 is 2.79 bits per heavy atom. The third kappa shape index (κ3) is 2.39. The molecule has 0 unspecified atom stereocenters. The minimum atomic E-state index is 0.561. The summed E-state index contributed by atoms with van der Waals surface area (Å²) in [7, 11) is 1.96. The predicted octanol–water partition coefficient (Wildman–Crippen LogP) is 3.96. The molecule has 2 aromatic heterocycles. The van der Waals surface area contributed by atoms with Crippen LogP contribution in [0.15, 0.2) is 17.0 Å². The van der Waals surface area contributed by atoms with Gasteiger partial charge in [0.1, 0.15) is 10.3 Å². The molecule has 0 aliphatic heterocycles. The quantitative estimate of drug-likeness (QED) is 0.843. The third-order valence-electron chi connectivity index (χ3n) is 3.71. The van der Waals surface area contributed by atoms with Crippen molar-refractivity contribution in [3.8, 4) is 11.5 Å². The highest BCUT2D eigenvalue weighted by Crippen LogP contribution is 2.37. The molecule has 0 saturated heterocycles. The van der Waals surface area contributed by atoms with Crippen molar-refractivity contribution in [2.24, 2.45) is 7.05 Å². The van der Waals surface area contributed by atoms with Gasteiger partial charge in [0.15, 0.2) is 5.82 Å². The molecule has 1 aliphatic carbocycles. The lowest BCUT2D eigenvalue weighted by Crippen LogP contribution is -2.04. The number of aromatic nitrogens is 4. The molecule has 100 valence electrons. The summed E-state index contributed by atoms with van der Waals surface area (Å²) in [4.78, 5) is 12.0. The maximum absolute atomic E-state index is 5.37. The Morgan fingerprint density at radius 1 is 1.42 bits per heavy atom. The highest BCUT2D eigenvalue weighted by Gasteiger charge is 2.22. The third-order valence-corrected chi connectivity index (χ3v) is 5.07. The van der Waals surface area contributed by atoms with Gasteiger partial charge in [-0.2, -0.15) is 0 Å². The van der Waals surface area contributed by atoms with E-state index in [0.717, 1.165) is 16.0 Å². The van der Waals surface area contributed by atoms with Crippen molar-refractivity contribution in [3.63, 3.8) is 0 Å². The number of H-pyrrole nitrogens is 1. The number of rotatable bonds is 2. The van der Waals surface area contributed by atoms with Crippen LogP contribution in [0.25, 0.3) is 11.5 Å². The first-order valence-corrected chi connectivity index (χ1v) is 7.63. The Labute approximate surface area is 125 Å². The Bertz CT molecular complexity index is 655. The highest BCUT2D eigenvalue weighted by molar-refractivity contribution is 9.10. The lowest BCUT2D eigenvalue weighted by molar-refractivity contribution is 0.688. The molecule has 19 heavy (non-hydrogen) atoms. The molecule has 0 atom stereocenters. The molecular weight excluding hydrogens is 324 g/mol. The molecule has 3 rings (SSSR count). The largest absolute Gasteiger partial charge is 0.341 e. The molecule has 1 aliphatic rings. The predicted molar refractivity (Wildman–Crippen MR) is 80.5 cm³/mol. The van der Waals surface area contributed by atoms with E-state index in [-0.39, 0.29) is 0 Å². The Hall–Kier alpha value is -1.01. The Kier molecular flexibility index (Phi) is 3.54. The zero-order valence-corrected chi connectivity index (χ0v) is 13.1. The van der Waals surface area contributed by atoms with Crippen molar-refractivity contribution >= 4 is 28.1 Å². The molecule has 2 heterocycles. The zero-order chi connectivity index (χ0) is 13.4. The zero-order valence-electron chi connectivity index (χ0n) is 10.7. The van der Waals surface area contributed by atoms with Crippen molar-refractivity contribution in [2.45, 2.75) is 31.6 Å². The lowest BCUT2D eigenvalue weighted by Gasteiger charge is -2.14. The first-order valence-electron chi connectivity index (χ1n) is 6.43. The molecule has 0 radical (unpaired) electrons. The van der Waals surface area contributed by atoms with E-state index < -0.39 is 0 Å². The minimum Gasteiger partial charge on any atom is -0.341 e. The van der Waals surface area contributed by atoms with E-state index in [2.05, 4.69) is 30.9 Å². The normalized spacial score (nSPS) is 16.1. The number of nitrogens with one attached hydrogen (secondary N) is 1. The van der Waals surface area contributed by atoms with Crippen molar-refractivity contribution in [1.82, 2.24) is 19.5 Å². The molecular formula is C13H15BrN4S. The molecule has 1 saturated carbocycles. The van der Waals surface area contributed by atoms with Gasteiger partial charge >= 0.3 is 0 Å². The second-order valence-electron chi connectivity index (χ2n) is 4.99. The number of halogens is 1. The van der Waals surface area contributed by atoms with Crippen LogP contribution in [0, 0.1) is 4.64 Å². The molecule has 1 fully saturated rings. The van der Waals surface area contributed by atoms with Gasteiger partial charge in [-0.1, -0.05) is 25.1 Å². The van der Waals surface area contributed by atoms with Crippen LogP contribution in [0.2, 0.25) is 0 Å². The van der Waals surface area contributed by atoms with Gasteiger partial charge in [-0.3, -0.25) is 0 Å². The SMILES string of the molecule is Cn1cncc1-c1nc(=S)c(Br)c(C2CCCC2)[nH]1. The fraction of sp³-hybridized carbons (Fsp3) is 0.462. The highest BCUT2D eigenvalue weighted by atomic mass is 79.9. The van der Waals surface area contributed by atoms with E-state index in [4.69, 9.17) is 12.2 Å². The van der Waals surface area contributed by atoms with Crippen molar-refractivity contribution in [1.29, 1.82) is 0 Å². The van der Waals surface area contributed by atoms with Crippen LogP contribution in [0.3, 0.4) is 0 Å². The van der Waals surface area contributed by atoms with Crippen LogP contribution >= 0.6 is 28.1 Å². The van der Waals surface area contributed by atoms with Crippen LogP contribution in [0.5, 0.6) is 0 Å². The maximum atomic E-state index is 5.37. The van der Waals surface area contributed by atoms with Gasteiger partial charge < -0.3 is 9.55 Å². The molecule has 4 nitrogen and oxygen atoms in total. The summed E-state index contributed by atoms with van der Waals surface area (Å²) in [5.41, 5.74) is 2.14. The number of nitrogens with zero attached hydrogens (tertiary/aromatic N) is 3. The average Bonchev–Trinajstić information content (AvgIpc) is 3.03. The number of hydrogen-bond donors (Lipinski definition) is 1. The van der Waals surface area contributed by atoms with Gasteiger partial charge in [0.05, 0.1) is 17.0 Å². The van der Waals surface area contributed by atoms with Crippen LogP contribution < -0.4 is 0 Å². The summed E-state index contributed by atoms with van der Waals surface area (Å²) in [6, 6.07) is 0. The molecule has 1 N–H and O–H groups in total. The van der Waals surface area contributed by atoms with Gasteiger partial charge in [-0.25, -0.2) is 9.97 Å². The maximum Gasteiger partial charge on any atom is 0.157 e. The van der Waals surface area contributed by atoms with Gasteiger partial charge in [0, 0.05) is 18.7 Å². The average molecular weight is 339 g/mol. The van der Waals surface area contributed by atoms with E-state index in [9.17, 15) is 0 Å². The molecule has 0 bridgehead atoms. The summed E-state index contributed by atoms with van der Waals surface area (Å²) < 4.78 is 3.51. The van der Waals surface area contributed by atoms with Crippen molar-refractivity contribution in [3.05, 3.63) is 27.3 Å². The molecule has 0 spiro atoms. The smallest absolute Gasteiger partial charge is 0.157 e. The first-order chi connectivity index (χ1) is 9.16. The first kappa shape index (κ1) is 13.0. The van der Waals surface area contributed by atoms with E-state index >= 15 is 0 Å². The van der Waals surface area contributed by atoms with E-state index in [1.54, 1.807) is 12.5 Å². The Morgan fingerprint density at radius 2 is 2.16 bits per heavy atom. The monoisotopic (exact) mass is 338 g/mol. The van der Waals surface area contributed by atoms with Crippen LogP contribution in [-0.2, 0) is 7.05 Å². The van der Waals surface area contributed by atoms with Gasteiger partial charge in [0.2, 0.25) is 0 Å². The summed E-state index contributed by atoms with van der Waals surface area (Å²) in [6.45, 7) is 0. The van der Waals surface area contributed by atoms with Gasteiger partial charge in [0.25, 0.3) is 0 Å². The fourth-order valence-electron chi connectivity index (χ4n) is 2.68. The van der Waals surface area contributed by atoms with Gasteiger partial charge in [-0.15, -0.1) is 0 Å². The molecule has 0 aromatic carbocycles. The minimum absolute atomic E-state index is 0.561. The van der Waals surface area contributed by atoms with Crippen LogP contribution in [0.4, 0.5) is 0 Å². The number of hydrogen-bond acceptors (Lipinski definition) is 3. The lowest BCUT2D eigenvalue weighted by atomic mass is 10.0. The standard InChI is InChI=1S/C13H15BrN4S/c1-18-7-15-6-9(18)12-16-11(8-4-2-3-5-8)10(14)13(19)17-12/h6-8H,2-5H2,1H3,(H,16,17,19). The summed E-state index contributed by atoms with van der Waals surface area (Å²) in [6.07, 6.45) is 8.60. The van der Waals surface area contributed by atoms with E-state index in [0.29, 0.717) is 10.6 Å². The molecule has 6 heteroatoms.